The first kappa shape index (κ1) is 22.5. The fraction of sp³-hybridized carbons (Fsp3) is 0.174. The standard InChI is InChI=1S/C23H20Cl2N2O4S/c24-17-10-9-16(21(25)13-17)15-31-22-8-2-1-7-20(22)23(28)26-18-5-3-6-19(14-18)27-11-4-12-32(27,29)30/h1-3,5-10,13-14H,4,11-12,15H2,(H,26,28). The summed E-state index contributed by atoms with van der Waals surface area (Å²) >= 11 is 12.1. The molecule has 32 heavy (non-hydrogen) atoms. The molecule has 0 unspecified atom stereocenters. The Balaban J connectivity index is 1.50. The Morgan fingerprint density at radius 2 is 1.84 bits per heavy atom. The maximum absolute atomic E-state index is 13.0. The van der Waals surface area contributed by atoms with E-state index in [0.717, 1.165) is 5.56 Å². The zero-order valence-corrected chi connectivity index (χ0v) is 19.3. The average molecular weight is 491 g/mol. The van der Waals surface area contributed by atoms with E-state index >= 15 is 0 Å². The van der Waals surface area contributed by atoms with Crippen LogP contribution in [0.15, 0.2) is 66.7 Å². The number of rotatable bonds is 6. The summed E-state index contributed by atoms with van der Waals surface area (Å²) in [6.07, 6.45) is 0.585. The molecule has 1 saturated heterocycles. The number of halogens is 2. The zero-order valence-electron chi connectivity index (χ0n) is 16.9. The monoisotopic (exact) mass is 490 g/mol. The van der Waals surface area contributed by atoms with Gasteiger partial charge in [0.1, 0.15) is 12.4 Å². The molecule has 0 atom stereocenters. The molecule has 1 aliphatic rings. The first-order valence-corrected chi connectivity index (χ1v) is 12.3. The number of amides is 1. The van der Waals surface area contributed by atoms with Crippen LogP contribution in [0.4, 0.5) is 11.4 Å². The van der Waals surface area contributed by atoms with Crippen molar-refractivity contribution in [2.75, 3.05) is 21.9 Å². The third kappa shape index (κ3) is 5.01. The van der Waals surface area contributed by atoms with Crippen molar-refractivity contribution in [1.82, 2.24) is 0 Å². The molecule has 9 heteroatoms. The van der Waals surface area contributed by atoms with Crippen LogP contribution in [0.3, 0.4) is 0 Å². The Hall–Kier alpha value is -2.74. The minimum absolute atomic E-state index is 0.131. The predicted molar refractivity (Wildman–Crippen MR) is 127 cm³/mol. The second kappa shape index (κ2) is 9.40. The van der Waals surface area contributed by atoms with Crippen molar-refractivity contribution in [3.63, 3.8) is 0 Å². The lowest BCUT2D eigenvalue weighted by molar-refractivity contribution is 0.102. The predicted octanol–water partition coefficient (Wildman–Crippen LogP) is 5.36. The third-order valence-electron chi connectivity index (χ3n) is 5.02. The van der Waals surface area contributed by atoms with Gasteiger partial charge in [-0.3, -0.25) is 9.10 Å². The number of carbonyl (C=O) groups is 1. The smallest absolute Gasteiger partial charge is 0.259 e. The van der Waals surface area contributed by atoms with E-state index in [0.29, 0.717) is 45.7 Å². The van der Waals surface area contributed by atoms with Crippen LogP contribution in [0.2, 0.25) is 10.0 Å². The quantitative estimate of drug-likeness (QED) is 0.504. The second-order valence-electron chi connectivity index (χ2n) is 7.27. The summed E-state index contributed by atoms with van der Waals surface area (Å²) in [5.74, 6) is 0.157. The van der Waals surface area contributed by atoms with Gasteiger partial charge in [-0.25, -0.2) is 8.42 Å². The summed E-state index contributed by atoms with van der Waals surface area (Å²) < 4.78 is 31.6. The molecular weight excluding hydrogens is 471 g/mol. The highest BCUT2D eigenvalue weighted by molar-refractivity contribution is 7.93. The molecule has 0 aromatic heterocycles. The van der Waals surface area contributed by atoms with Crippen molar-refractivity contribution in [1.29, 1.82) is 0 Å². The first-order chi connectivity index (χ1) is 15.3. The van der Waals surface area contributed by atoms with E-state index in [1.54, 1.807) is 66.7 Å². The molecule has 0 bridgehead atoms. The van der Waals surface area contributed by atoms with E-state index in [-0.39, 0.29) is 18.3 Å². The number of para-hydroxylation sites is 1. The van der Waals surface area contributed by atoms with E-state index in [4.69, 9.17) is 27.9 Å². The summed E-state index contributed by atoms with van der Waals surface area (Å²) in [7, 11) is -3.30. The molecule has 4 rings (SSSR count). The van der Waals surface area contributed by atoms with Crippen molar-refractivity contribution in [2.45, 2.75) is 13.0 Å². The molecule has 1 heterocycles. The molecule has 3 aromatic rings. The number of benzene rings is 3. The number of hydrogen-bond donors (Lipinski definition) is 1. The van der Waals surface area contributed by atoms with Gasteiger partial charge in [0.2, 0.25) is 10.0 Å². The fourth-order valence-corrected chi connectivity index (χ4v) is 5.46. The highest BCUT2D eigenvalue weighted by Gasteiger charge is 2.28. The highest BCUT2D eigenvalue weighted by atomic mass is 35.5. The summed E-state index contributed by atoms with van der Waals surface area (Å²) in [5, 5.41) is 3.83. The van der Waals surface area contributed by atoms with Crippen LogP contribution in [-0.4, -0.2) is 26.6 Å². The van der Waals surface area contributed by atoms with Gasteiger partial charge in [-0.1, -0.05) is 47.5 Å². The lowest BCUT2D eigenvalue weighted by Gasteiger charge is -2.18. The minimum Gasteiger partial charge on any atom is -0.488 e. The molecule has 0 saturated carbocycles. The van der Waals surface area contributed by atoms with Gasteiger partial charge < -0.3 is 10.1 Å². The zero-order chi connectivity index (χ0) is 22.7. The molecule has 0 aliphatic carbocycles. The van der Waals surface area contributed by atoms with Gasteiger partial charge in [-0.2, -0.15) is 0 Å². The lowest BCUT2D eigenvalue weighted by atomic mass is 10.1. The van der Waals surface area contributed by atoms with Crippen LogP contribution in [0, 0.1) is 0 Å². The molecule has 1 fully saturated rings. The van der Waals surface area contributed by atoms with Crippen molar-refractivity contribution >= 4 is 50.5 Å². The summed E-state index contributed by atoms with van der Waals surface area (Å²) in [4.78, 5) is 13.0. The molecule has 166 valence electrons. The topological polar surface area (TPSA) is 75.7 Å². The second-order valence-corrected chi connectivity index (χ2v) is 10.1. The van der Waals surface area contributed by atoms with Crippen molar-refractivity contribution < 1.29 is 17.9 Å². The van der Waals surface area contributed by atoms with Gasteiger partial charge >= 0.3 is 0 Å². The SMILES string of the molecule is O=C(Nc1cccc(N2CCCS2(=O)=O)c1)c1ccccc1OCc1ccc(Cl)cc1Cl. The van der Waals surface area contributed by atoms with Crippen LogP contribution in [0.25, 0.3) is 0 Å². The Labute approximate surface area is 196 Å². The van der Waals surface area contributed by atoms with Crippen LogP contribution in [-0.2, 0) is 16.6 Å². The normalized spacial score (nSPS) is 14.9. The van der Waals surface area contributed by atoms with Gasteiger partial charge in [0, 0.05) is 27.8 Å². The molecule has 0 radical (unpaired) electrons. The van der Waals surface area contributed by atoms with Crippen LogP contribution < -0.4 is 14.4 Å². The van der Waals surface area contributed by atoms with Crippen molar-refractivity contribution in [3.05, 3.63) is 87.9 Å². The maximum atomic E-state index is 13.0. The lowest BCUT2D eigenvalue weighted by Crippen LogP contribution is -2.25. The Morgan fingerprint density at radius 1 is 1.03 bits per heavy atom. The van der Waals surface area contributed by atoms with Gasteiger partial charge in [-0.15, -0.1) is 0 Å². The van der Waals surface area contributed by atoms with E-state index in [2.05, 4.69) is 5.32 Å². The number of carbonyl (C=O) groups excluding carboxylic acids is 1. The molecular formula is C23H20Cl2N2O4S. The largest absolute Gasteiger partial charge is 0.488 e. The number of sulfonamides is 1. The number of hydrogen-bond acceptors (Lipinski definition) is 4. The van der Waals surface area contributed by atoms with E-state index in [9.17, 15) is 13.2 Å². The molecule has 1 N–H and O–H groups in total. The fourth-order valence-electron chi connectivity index (χ4n) is 3.44. The highest BCUT2D eigenvalue weighted by Crippen LogP contribution is 2.28. The van der Waals surface area contributed by atoms with Gasteiger partial charge in [0.05, 0.1) is 17.0 Å². The van der Waals surface area contributed by atoms with Crippen LogP contribution in [0.5, 0.6) is 5.75 Å². The maximum Gasteiger partial charge on any atom is 0.259 e. The molecule has 1 amide bonds. The summed E-state index contributed by atoms with van der Waals surface area (Å²) in [6, 6.07) is 18.8. The van der Waals surface area contributed by atoms with Gasteiger partial charge in [0.25, 0.3) is 5.91 Å². The van der Waals surface area contributed by atoms with E-state index < -0.39 is 10.0 Å². The van der Waals surface area contributed by atoms with Crippen LogP contribution in [0.1, 0.15) is 22.3 Å². The minimum atomic E-state index is -3.30. The Morgan fingerprint density at radius 3 is 2.59 bits per heavy atom. The third-order valence-corrected chi connectivity index (χ3v) is 7.48. The van der Waals surface area contributed by atoms with Crippen molar-refractivity contribution in [3.8, 4) is 5.75 Å². The van der Waals surface area contributed by atoms with Gasteiger partial charge in [-0.05, 0) is 48.9 Å². The first-order valence-electron chi connectivity index (χ1n) is 9.91. The molecule has 0 spiro atoms. The Bertz CT molecular complexity index is 1260. The average Bonchev–Trinajstić information content (AvgIpc) is 3.12. The molecule has 1 aliphatic heterocycles. The number of nitrogens with zero attached hydrogens (tertiary/aromatic N) is 1. The summed E-state index contributed by atoms with van der Waals surface area (Å²) in [5.41, 5.74) is 2.11. The number of anilines is 2. The number of nitrogens with one attached hydrogen (secondary N) is 1. The van der Waals surface area contributed by atoms with Crippen molar-refractivity contribution in [2.24, 2.45) is 0 Å². The van der Waals surface area contributed by atoms with E-state index in [1.165, 1.54) is 4.31 Å². The van der Waals surface area contributed by atoms with Gasteiger partial charge in [0.15, 0.2) is 0 Å². The summed E-state index contributed by atoms with van der Waals surface area (Å²) in [6.45, 7) is 0.603. The molecule has 6 nitrogen and oxygen atoms in total. The Kier molecular flexibility index (Phi) is 6.60. The van der Waals surface area contributed by atoms with E-state index in [1.807, 2.05) is 0 Å². The van der Waals surface area contributed by atoms with Crippen LogP contribution >= 0.6 is 23.2 Å². The molecule has 3 aromatic carbocycles. The number of ether oxygens (including phenoxy) is 1.